The Balaban J connectivity index is 1.51. The highest BCUT2D eigenvalue weighted by atomic mass is 32.1. The largest absolute Gasteiger partial charge is 0.379 e. The van der Waals surface area contributed by atoms with E-state index in [9.17, 15) is 0 Å². The molecule has 0 aliphatic carbocycles. The Hall–Kier alpha value is -1.19. The number of nitrogens with zero attached hydrogens (tertiary/aromatic N) is 4. The van der Waals surface area contributed by atoms with E-state index in [4.69, 9.17) is 9.73 Å². The van der Waals surface area contributed by atoms with Gasteiger partial charge in [0.15, 0.2) is 5.96 Å². The lowest BCUT2D eigenvalue weighted by Crippen LogP contribution is -2.49. The monoisotopic (exact) mass is 422 g/mol. The van der Waals surface area contributed by atoms with Gasteiger partial charge in [0.1, 0.15) is 0 Å². The second-order valence-corrected chi connectivity index (χ2v) is 8.58. The summed E-state index contributed by atoms with van der Waals surface area (Å²) in [6.07, 6.45) is 0. The van der Waals surface area contributed by atoms with E-state index < -0.39 is 0 Å². The van der Waals surface area contributed by atoms with Crippen molar-refractivity contribution in [3.63, 3.8) is 0 Å². The molecule has 1 unspecified atom stereocenters. The molecule has 0 saturated carbocycles. The lowest BCUT2D eigenvalue weighted by Gasteiger charge is -2.34. The fourth-order valence-electron chi connectivity index (χ4n) is 3.94. The highest BCUT2D eigenvalue weighted by Crippen LogP contribution is 2.26. The van der Waals surface area contributed by atoms with Gasteiger partial charge in [0.05, 0.1) is 25.8 Å². The average Bonchev–Trinajstić information content (AvgIpc) is 3.30. The number of guanidine groups is 1. The van der Waals surface area contributed by atoms with Crippen molar-refractivity contribution >= 4 is 17.3 Å². The number of likely N-dealkylation sites (N-methyl/N-ethyl adjacent to an activating group) is 1. The van der Waals surface area contributed by atoms with Gasteiger partial charge in [-0.15, -0.1) is 11.3 Å². The van der Waals surface area contributed by atoms with Gasteiger partial charge in [-0.3, -0.25) is 14.8 Å². The summed E-state index contributed by atoms with van der Waals surface area (Å²) in [5.41, 5.74) is 0. The number of morpholine rings is 1. The number of rotatable bonds is 9. The quantitative estimate of drug-likeness (QED) is 0.462. The minimum atomic E-state index is 0.330. The van der Waals surface area contributed by atoms with Gasteiger partial charge in [-0.25, -0.2) is 0 Å². The van der Waals surface area contributed by atoms with Crippen molar-refractivity contribution in [1.29, 1.82) is 0 Å². The Morgan fingerprint density at radius 1 is 1.10 bits per heavy atom. The van der Waals surface area contributed by atoms with E-state index in [1.165, 1.54) is 31.1 Å². The minimum Gasteiger partial charge on any atom is -0.379 e. The SMILES string of the molecule is CCNC(=NCC(c1cccs1)N1CCOCC1)NCCN1CCN(CC)CC1. The third-order valence-corrected chi connectivity index (χ3v) is 6.73. The standard InChI is InChI=1S/C21H38N6OS/c1-3-22-21(23-7-8-26-11-9-25(4-2)10-12-26)24-18-19(20-6-5-17-29-20)27-13-15-28-16-14-27/h5-6,17,19H,3-4,7-16,18H2,1-2H3,(H2,22,23,24). The number of aliphatic imine (C=N–C) groups is 1. The molecule has 164 valence electrons. The zero-order chi connectivity index (χ0) is 20.3. The second kappa shape index (κ2) is 12.5. The number of nitrogens with one attached hydrogen (secondary N) is 2. The third-order valence-electron chi connectivity index (χ3n) is 5.76. The maximum atomic E-state index is 5.55. The van der Waals surface area contributed by atoms with Crippen molar-refractivity contribution in [2.45, 2.75) is 19.9 Å². The Bertz CT molecular complexity index is 582. The topological polar surface area (TPSA) is 55.4 Å². The Labute approximate surface area is 180 Å². The van der Waals surface area contributed by atoms with Crippen LogP contribution < -0.4 is 10.6 Å². The van der Waals surface area contributed by atoms with Crippen LogP contribution in [0.1, 0.15) is 24.8 Å². The number of piperazine rings is 1. The van der Waals surface area contributed by atoms with Crippen LogP contribution in [0.4, 0.5) is 0 Å². The summed E-state index contributed by atoms with van der Waals surface area (Å²) in [7, 11) is 0. The molecule has 29 heavy (non-hydrogen) atoms. The molecular formula is C21H38N6OS. The zero-order valence-electron chi connectivity index (χ0n) is 18.1. The van der Waals surface area contributed by atoms with Crippen LogP contribution in [0.3, 0.4) is 0 Å². The number of ether oxygens (including phenoxy) is 1. The van der Waals surface area contributed by atoms with Crippen molar-refractivity contribution in [2.75, 3.05) is 85.2 Å². The van der Waals surface area contributed by atoms with Gasteiger partial charge in [-0.2, -0.15) is 0 Å². The van der Waals surface area contributed by atoms with Crippen LogP contribution >= 0.6 is 11.3 Å². The molecule has 2 aliphatic rings. The number of hydrogen-bond acceptors (Lipinski definition) is 6. The normalized spacial score (nSPS) is 21.2. The van der Waals surface area contributed by atoms with E-state index in [1.807, 2.05) is 11.3 Å². The van der Waals surface area contributed by atoms with Crippen LogP contribution in [0.15, 0.2) is 22.5 Å². The fraction of sp³-hybridized carbons (Fsp3) is 0.762. The average molecular weight is 423 g/mol. The highest BCUT2D eigenvalue weighted by Gasteiger charge is 2.23. The molecule has 2 saturated heterocycles. The van der Waals surface area contributed by atoms with E-state index in [0.29, 0.717) is 6.04 Å². The molecule has 1 aromatic rings. The molecule has 8 heteroatoms. The van der Waals surface area contributed by atoms with Crippen LogP contribution in [0.5, 0.6) is 0 Å². The van der Waals surface area contributed by atoms with Crippen LogP contribution in [0.25, 0.3) is 0 Å². The summed E-state index contributed by atoms with van der Waals surface area (Å²) in [6.45, 7) is 17.5. The molecule has 0 radical (unpaired) electrons. The summed E-state index contributed by atoms with van der Waals surface area (Å²) in [5.74, 6) is 0.925. The van der Waals surface area contributed by atoms with Gasteiger partial charge < -0.3 is 20.3 Å². The molecule has 2 fully saturated rings. The van der Waals surface area contributed by atoms with Crippen molar-refractivity contribution in [3.05, 3.63) is 22.4 Å². The summed E-state index contributed by atoms with van der Waals surface area (Å²) < 4.78 is 5.55. The van der Waals surface area contributed by atoms with E-state index in [0.717, 1.165) is 65.0 Å². The minimum absolute atomic E-state index is 0.330. The van der Waals surface area contributed by atoms with Gasteiger partial charge in [0.25, 0.3) is 0 Å². The van der Waals surface area contributed by atoms with Gasteiger partial charge in [-0.1, -0.05) is 13.0 Å². The maximum Gasteiger partial charge on any atom is 0.191 e. The van der Waals surface area contributed by atoms with Crippen molar-refractivity contribution < 1.29 is 4.74 Å². The van der Waals surface area contributed by atoms with Gasteiger partial charge >= 0.3 is 0 Å². The van der Waals surface area contributed by atoms with Crippen molar-refractivity contribution in [1.82, 2.24) is 25.3 Å². The molecule has 3 rings (SSSR count). The molecule has 2 N–H and O–H groups in total. The first-order valence-corrected chi connectivity index (χ1v) is 12.0. The number of thiophene rings is 1. The zero-order valence-corrected chi connectivity index (χ0v) is 18.9. The fourth-order valence-corrected chi connectivity index (χ4v) is 4.79. The highest BCUT2D eigenvalue weighted by molar-refractivity contribution is 7.10. The molecule has 1 aromatic heterocycles. The Morgan fingerprint density at radius 3 is 2.52 bits per heavy atom. The Morgan fingerprint density at radius 2 is 1.86 bits per heavy atom. The first-order chi connectivity index (χ1) is 14.3. The first kappa shape index (κ1) is 22.5. The predicted molar refractivity (Wildman–Crippen MR) is 122 cm³/mol. The van der Waals surface area contributed by atoms with Crippen LogP contribution in [-0.2, 0) is 4.74 Å². The first-order valence-electron chi connectivity index (χ1n) is 11.1. The molecule has 1 atom stereocenters. The lowest BCUT2D eigenvalue weighted by atomic mass is 10.2. The number of hydrogen-bond donors (Lipinski definition) is 2. The summed E-state index contributed by atoms with van der Waals surface area (Å²) in [6, 6.07) is 4.70. The molecular weight excluding hydrogens is 384 g/mol. The van der Waals surface area contributed by atoms with Crippen LogP contribution in [-0.4, -0.2) is 106 Å². The van der Waals surface area contributed by atoms with E-state index in [-0.39, 0.29) is 0 Å². The van der Waals surface area contributed by atoms with Gasteiger partial charge in [0, 0.05) is 63.8 Å². The van der Waals surface area contributed by atoms with Crippen molar-refractivity contribution in [2.24, 2.45) is 4.99 Å². The third kappa shape index (κ3) is 7.22. The predicted octanol–water partition coefficient (Wildman–Crippen LogP) is 1.31. The van der Waals surface area contributed by atoms with Crippen LogP contribution in [0, 0.1) is 0 Å². The molecule has 0 spiro atoms. The van der Waals surface area contributed by atoms with Gasteiger partial charge in [0.2, 0.25) is 0 Å². The van der Waals surface area contributed by atoms with Crippen LogP contribution in [0.2, 0.25) is 0 Å². The smallest absolute Gasteiger partial charge is 0.191 e. The molecule has 2 aliphatic heterocycles. The molecule has 0 amide bonds. The summed E-state index contributed by atoms with van der Waals surface area (Å²) in [4.78, 5) is 13.9. The van der Waals surface area contributed by atoms with E-state index in [2.05, 4.69) is 56.7 Å². The van der Waals surface area contributed by atoms with Gasteiger partial charge in [-0.05, 0) is 24.9 Å². The molecule has 0 bridgehead atoms. The Kier molecular flexibility index (Phi) is 9.69. The van der Waals surface area contributed by atoms with Crippen molar-refractivity contribution in [3.8, 4) is 0 Å². The van der Waals surface area contributed by atoms with E-state index in [1.54, 1.807) is 0 Å². The molecule has 0 aromatic carbocycles. The summed E-state index contributed by atoms with van der Waals surface area (Å²) >= 11 is 1.83. The molecule has 7 nitrogen and oxygen atoms in total. The second-order valence-electron chi connectivity index (χ2n) is 7.60. The van der Waals surface area contributed by atoms with E-state index >= 15 is 0 Å². The maximum absolute atomic E-state index is 5.55. The summed E-state index contributed by atoms with van der Waals surface area (Å²) in [5, 5.41) is 9.11. The lowest BCUT2D eigenvalue weighted by molar-refractivity contribution is 0.0186. The molecule has 3 heterocycles.